The van der Waals surface area contributed by atoms with Crippen LogP contribution in [0.1, 0.15) is 5.56 Å². The van der Waals surface area contributed by atoms with Gasteiger partial charge < -0.3 is 15.4 Å². The predicted octanol–water partition coefficient (Wildman–Crippen LogP) is 6.31. The zero-order valence-corrected chi connectivity index (χ0v) is 14.8. The van der Waals surface area contributed by atoms with Crippen LogP contribution in [0.5, 0.6) is 11.5 Å². The number of alkyl halides is 3. The zero-order valence-electron chi connectivity index (χ0n) is 14.0. The third-order valence-corrected chi connectivity index (χ3v) is 3.74. The van der Waals surface area contributed by atoms with Crippen molar-refractivity contribution in [2.24, 2.45) is 0 Å². The summed E-state index contributed by atoms with van der Waals surface area (Å²) in [6, 6.07) is 21.3. The van der Waals surface area contributed by atoms with Crippen LogP contribution in [0.3, 0.4) is 0 Å². The van der Waals surface area contributed by atoms with E-state index in [2.05, 4.69) is 10.6 Å². The third kappa shape index (κ3) is 5.46. The maximum absolute atomic E-state index is 12.8. The van der Waals surface area contributed by atoms with Gasteiger partial charge in [0.15, 0.2) is 5.11 Å². The van der Waals surface area contributed by atoms with Crippen molar-refractivity contribution >= 4 is 28.7 Å². The molecule has 0 amide bonds. The van der Waals surface area contributed by atoms with Crippen LogP contribution in [0.2, 0.25) is 0 Å². The van der Waals surface area contributed by atoms with Crippen molar-refractivity contribution in [2.75, 3.05) is 10.6 Å². The summed E-state index contributed by atoms with van der Waals surface area (Å²) in [7, 11) is 0. The number of rotatable bonds is 4. The summed E-state index contributed by atoms with van der Waals surface area (Å²) in [5, 5.41) is 5.86. The molecule has 0 aliphatic heterocycles. The van der Waals surface area contributed by atoms with E-state index in [9.17, 15) is 13.2 Å². The molecule has 138 valence electrons. The molecule has 0 atom stereocenters. The van der Waals surface area contributed by atoms with E-state index in [1.807, 2.05) is 30.3 Å². The van der Waals surface area contributed by atoms with Crippen molar-refractivity contribution < 1.29 is 17.9 Å². The molecule has 0 unspecified atom stereocenters. The SMILES string of the molecule is FC(F)(F)c1cccc(NC(=S)Nc2ccc(Oc3ccccc3)cc2)c1. The average molecular weight is 388 g/mol. The number of ether oxygens (including phenoxy) is 1. The molecule has 7 heteroatoms. The number of thiocarbonyl (C=S) groups is 1. The topological polar surface area (TPSA) is 33.3 Å². The Morgan fingerprint density at radius 1 is 0.741 bits per heavy atom. The Bertz CT molecular complexity index is 913. The molecule has 27 heavy (non-hydrogen) atoms. The van der Waals surface area contributed by atoms with Crippen molar-refractivity contribution in [3.63, 3.8) is 0 Å². The van der Waals surface area contributed by atoms with Gasteiger partial charge in [0.2, 0.25) is 0 Å². The van der Waals surface area contributed by atoms with Crippen molar-refractivity contribution in [3.05, 3.63) is 84.4 Å². The van der Waals surface area contributed by atoms with Gasteiger partial charge in [0.1, 0.15) is 11.5 Å². The van der Waals surface area contributed by atoms with Gasteiger partial charge in [0.05, 0.1) is 5.56 Å². The molecule has 3 nitrogen and oxygen atoms in total. The summed E-state index contributed by atoms with van der Waals surface area (Å²) in [5.41, 5.74) is 0.198. The van der Waals surface area contributed by atoms with Gasteiger partial charge in [-0.2, -0.15) is 13.2 Å². The van der Waals surface area contributed by atoms with Crippen LogP contribution in [-0.4, -0.2) is 5.11 Å². The molecule has 2 N–H and O–H groups in total. The predicted molar refractivity (Wildman–Crippen MR) is 104 cm³/mol. The molecule has 0 aliphatic carbocycles. The van der Waals surface area contributed by atoms with Gasteiger partial charge in [-0.05, 0) is 66.8 Å². The fourth-order valence-corrected chi connectivity index (χ4v) is 2.53. The van der Waals surface area contributed by atoms with Crippen LogP contribution in [0.25, 0.3) is 0 Å². The minimum atomic E-state index is -4.40. The van der Waals surface area contributed by atoms with Crippen LogP contribution in [-0.2, 0) is 6.18 Å². The lowest BCUT2D eigenvalue weighted by atomic mass is 10.2. The van der Waals surface area contributed by atoms with Crippen LogP contribution < -0.4 is 15.4 Å². The Hall–Kier alpha value is -3.06. The first-order valence-corrected chi connectivity index (χ1v) is 8.39. The summed E-state index contributed by atoms with van der Waals surface area (Å²) in [6.07, 6.45) is -4.40. The van der Waals surface area contributed by atoms with Crippen LogP contribution in [0, 0.1) is 0 Å². The van der Waals surface area contributed by atoms with Gasteiger partial charge in [0.25, 0.3) is 0 Å². The lowest BCUT2D eigenvalue weighted by Crippen LogP contribution is -2.19. The first-order chi connectivity index (χ1) is 12.9. The number of benzene rings is 3. The molecule has 0 bridgehead atoms. The van der Waals surface area contributed by atoms with E-state index >= 15 is 0 Å². The highest BCUT2D eigenvalue weighted by Crippen LogP contribution is 2.30. The van der Waals surface area contributed by atoms with Crippen molar-refractivity contribution in [1.29, 1.82) is 0 Å². The normalized spacial score (nSPS) is 10.9. The molecule has 3 aromatic carbocycles. The standard InChI is InChI=1S/C20H15F3N2OS/c21-20(22,23)14-5-4-6-16(13-14)25-19(27)24-15-9-11-18(12-10-15)26-17-7-2-1-3-8-17/h1-13H,(H2,24,25,27). The second kappa shape index (κ2) is 8.09. The quantitative estimate of drug-likeness (QED) is 0.514. The monoisotopic (exact) mass is 388 g/mol. The van der Waals surface area contributed by atoms with E-state index < -0.39 is 11.7 Å². The number of nitrogens with one attached hydrogen (secondary N) is 2. The summed E-state index contributed by atoms with van der Waals surface area (Å²) in [6.45, 7) is 0. The Balaban J connectivity index is 1.60. The molecule has 0 aliphatic rings. The number of hydrogen-bond acceptors (Lipinski definition) is 2. The Morgan fingerprint density at radius 3 is 2.04 bits per heavy atom. The minimum absolute atomic E-state index is 0.186. The molecule has 0 heterocycles. The molecule has 0 radical (unpaired) electrons. The van der Waals surface area contributed by atoms with Crippen LogP contribution in [0.15, 0.2) is 78.9 Å². The molecule has 0 spiro atoms. The highest BCUT2D eigenvalue weighted by atomic mass is 32.1. The number of hydrogen-bond donors (Lipinski definition) is 2. The third-order valence-electron chi connectivity index (χ3n) is 3.54. The van der Waals surface area contributed by atoms with E-state index in [1.54, 1.807) is 24.3 Å². The van der Waals surface area contributed by atoms with Crippen molar-refractivity contribution in [3.8, 4) is 11.5 Å². The highest BCUT2D eigenvalue weighted by molar-refractivity contribution is 7.80. The second-order valence-electron chi connectivity index (χ2n) is 5.60. The second-order valence-corrected chi connectivity index (χ2v) is 6.01. The largest absolute Gasteiger partial charge is 0.457 e. The lowest BCUT2D eigenvalue weighted by molar-refractivity contribution is -0.137. The van der Waals surface area contributed by atoms with Gasteiger partial charge in [-0.1, -0.05) is 24.3 Å². The molecule has 0 fully saturated rings. The smallest absolute Gasteiger partial charge is 0.416 e. The van der Waals surface area contributed by atoms with Crippen LogP contribution >= 0.6 is 12.2 Å². The summed E-state index contributed by atoms with van der Waals surface area (Å²) < 4.78 is 44.0. The van der Waals surface area contributed by atoms with Crippen molar-refractivity contribution in [2.45, 2.75) is 6.18 Å². The first-order valence-electron chi connectivity index (χ1n) is 7.98. The Morgan fingerprint density at radius 2 is 1.37 bits per heavy atom. The summed E-state index contributed by atoms with van der Waals surface area (Å²) in [5.74, 6) is 1.38. The lowest BCUT2D eigenvalue weighted by Gasteiger charge is -2.13. The van der Waals surface area contributed by atoms with Gasteiger partial charge in [-0.3, -0.25) is 0 Å². The Labute approximate surface area is 159 Å². The molecule has 0 saturated heterocycles. The number of para-hydroxylation sites is 1. The van der Waals surface area contributed by atoms with Crippen molar-refractivity contribution in [1.82, 2.24) is 0 Å². The number of anilines is 2. The fourth-order valence-electron chi connectivity index (χ4n) is 2.30. The van der Waals surface area contributed by atoms with E-state index in [1.165, 1.54) is 12.1 Å². The molecule has 0 aromatic heterocycles. The average Bonchev–Trinajstić information content (AvgIpc) is 2.64. The molecule has 3 aromatic rings. The van der Waals surface area contributed by atoms with E-state index in [0.717, 1.165) is 17.9 Å². The maximum Gasteiger partial charge on any atom is 0.416 e. The molecular weight excluding hydrogens is 373 g/mol. The highest BCUT2D eigenvalue weighted by Gasteiger charge is 2.30. The summed E-state index contributed by atoms with van der Waals surface area (Å²) in [4.78, 5) is 0. The number of halogens is 3. The molecular formula is C20H15F3N2OS. The van der Waals surface area contributed by atoms with Crippen LogP contribution in [0.4, 0.5) is 24.5 Å². The first kappa shape index (κ1) is 18.7. The fraction of sp³-hybridized carbons (Fsp3) is 0.0500. The minimum Gasteiger partial charge on any atom is -0.457 e. The van der Waals surface area contributed by atoms with E-state index in [0.29, 0.717) is 11.4 Å². The zero-order chi connectivity index (χ0) is 19.3. The van der Waals surface area contributed by atoms with Gasteiger partial charge in [-0.25, -0.2) is 0 Å². The Kier molecular flexibility index (Phi) is 5.61. The van der Waals surface area contributed by atoms with Gasteiger partial charge in [-0.15, -0.1) is 0 Å². The van der Waals surface area contributed by atoms with Gasteiger partial charge in [0, 0.05) is 11.4 Å². The molecule has 0 saturated carbocycles. The maximum atomic E-state index is 12.8. The van der Waals surface area contributed by atoms with E-state index in [-0.39, 0.29) is 10.8 Å². The summed E-state index contributed by atoms with van der Waals surface area (Å²) >= 11 is 5.16. The van der Waals surface area contributed by atoms with Gasteiger partial charge >= 0.3 is 6.18 Å². The molecule has 3 rings (SSSR count). The van der Waals surface area contributed by atoms with E-state index in [4.69, 9.17) is 17.0 Å².